The van der Waals surface area contributed by atoms with Gasteiger partial charge in [-0.3, -0.25) is 4.52 Å². The molecule has 18 heteroatoms. The van der Waals surface area contributed by atoms with E-state index in [0.717, 1.165) is 6.92 Å². The van der Waals surface area contributed by atoms with Crippen molar-refractivity contribution in [2.24, 2.45) is 0 Å². The molecule has 0 bridgehead atoms. The van der Waals surface area contributed by atoms with Gasteiger partial charge in [0.05, 0.1) is 6.07 Å². The van der Waals surface area contributed by atoms with Crippen LogP contribution in [0.25, 0.3) is 0 Å². The van der Waals surface area contributed by atoms with Crippen LogP contribution in [0.1, 0.15) is 6.92 Å². The highest BCUT2D eigenvalue weighted by Gasteiger charge is 2.62. The van der Waals surface area contributed by atoms with Crippen molar-refractivity contribution in [1.82, 2.24) is 0 Å². The van der Waals surface area contributed by atoms with Crippen LogP contribution in [0.4, 0.5) is 0 Å². The van der Waals surface area contributed by atoms with Gasteiger partial charge in [0.2, 0.25) is 11.6 Å². The highest BCUT2D eigenvalue weighted by atomic mass is 31.2. The summed E-state index contributed by atoms with van der Waals surface area (Å²) in [5.74, 6) is -6.09. The van der Waals surface area contributed by atoms with Crippen molar-refractivity contribution in [2.45, 2.75) is 73.8 Å². The van der Waals surface area contributed by atoms with E-state index in [1.54, 1.807) is 0 Å². The Morgan fingerprint density at radius 3 is 1.52 bits per heavy atom. The highest BCUT2D eigenvalue weighted by Crippen LogP contribution is 2.59. The van der Waals surface area contributed by atoms with Gasteiger partial charge < -0.3 is 60.5 Å². The Labute approximate surface area is 185 Å². The zero-order valence-electron chi connectivity index (χ0n) is 16.9. The summed E-state index contributed by atoms with van der Waals surface area (Å²) in [5, 5.41) is 108. The van der Waals surface area contributed by atoms with Crippen LogP contribution in [0.3, 0.4) is 0 Å². The van der Waals surface area contributed by atoms with E-state index in [0.29, 0.717) is 0 Å². The fourth-order valence-electron chi connectivity index (χ4n) is 3.05. The summed E-state index contributed by atoms with van der Waals surface area (Å²) in [5.41, 5.74) is 0. The molecule has 2 saturated heterocycles. The Bertz CT molecular complexity index is 719. The third kappa shape index (κ3) is 5.37. The van der Waals surface area contributed by atoms with Crippen LogP contribution in [0.5, 0.6) is 0 Å². The first-order chi connectivity index (χ1) is 15.2. The summed E-state index contributed by atoms with van der Waals surface area (Å²) in [7, 11) is -5.53. The second kappa shape index (κ2) is 10.4. The molecule has 2 fully saturated rings. The zero-order chi connectivity index (χ0) is 25.4. The van der Waals surface area contributed by atoms with Crippen LogP contribution < -0.4 is 0 Å². The molecule has 2 aliphatic heterocycles. The SMILES string of the molecule is CC(C#N)OP(=O)(O[C@@]1(CO)OC(O)[C@H](O)[C@H](O)[C@@H]1O)O[C@@]1(CO)OC(O)[C@H](O)[C@H](O)[C@@H]1O. The number of nitriles is 1. The molecule has 0 aromatic carbocycles. The van der Waals surface area contributed by atoms with E-state index in [4.69, 9.17) is 28.3 Å². The largest absolute Gasteiger partial charge is 0.481 e. The van der Waals surface area contributed by atoms with Gasteiger partial charge >= 0.3 is 7.82 Å². The van der Waals surface area contributed by atoms with Gasteiger partial charge in [-0.15, -0.1) is 0 Å². The molecule has 10 N–H and O–H groups in total. The molecule has 17 nitrogen and oxygen atoms in total. The molecule has 192 valence electrons. The summed E-state index contributed by atoms with van der Waals surface area (Å²) >= 11 is 0. The van der Waals surface area contributed by atoms with Crippen LogP contribution in [-0.2, 0) is 27.6 Å². The van der Waals surface area contributed by atoms with Gasteiger partial charge in [-0.2, -0.15) is 5.26 Å². The number of rotatable bonds is 8. The van der Waals surface area contributed by atoms with Crippen molar-refractivity contribution >= 4 is 7.82 Å². The van der Waals surface area contributed by atoms with E-state index in [-0.39, 0.29) is 0 Å². The Kier molecular flexibility index (Phi) is 8.93. The molecule has 0 saturated carbocycles. The van der Waals surface area contributed by atoms with Crippen molar-refractivity contribution in [1.29, 1.82) is 5.26 Å². The van der Waals surface area contributed by atoms with E-state index in [1.165, 1.54) is 6.07 Å². The molecule has 11 atom stereocenters. The minimum atomic E-state index is -5.53. The van der Waals surface area contributed by atoms with Gasteiger partial charge in [0.15, 0.2) is 18.7 Å². The topological polar surface area (TPSA) is 289 Å². The van der Waals surface area contributed by atoms with Crippen LogP contribution in [-0.4, -0.2) is 131 Å². The van der Waals surface area contributed by atoms with Crippen LogP contribution >= 0.6 is 7.82 Å². The number of phosphoric ester groups is 1. The maximum Gasteiger partial charge on any atom is 0.481 e. The normalized spacial score (nSPS) is 46.8. The Hall–Kier alpha value is -0.880. The van der Waals surface area contributed by atoms with Gasteiger partial charge in [-0.25, -0.2) is 13.6 Å². The van der Waals surface area contributed by atoms with E-state index < -0.39 is 87.9 Å². The molecular weight excluding hydrogens is 481 g/mol. The first-order valence-corrected chi connectivity index (χ1v) is 10.8. The van der Waals surface area contributed by atoms with Crippen molar-refractivity contribution < 1.29 is 78.7 Å². The first-order valence-electron chi connectivity index (χ1n) is 9.33. The van der Waals surface area contributed by atoms with Gasteiger partial charge in [0.1, 0.15) is 49.8 Å². The lowest BCUT2D eigenvalue weighted by Crippen LogP contribution is -2.68. The van der Waals surface area contributed by atoms with Crippen LogP contribution in [0.15, 0.2) is 0 Å². The van der Waals surface area contributed by atoms with Crippen molar-refractivity contribution in [3.63, 3.8) is 0 Å². The standard InChI is InChI=1S/C15H26NO16P/c1-5(2-16)30-33(27,31-14(3-17)10(23)6(19)8(21)12(25)28-14)32-15(4-18)11(24)7(20)9(22)13(26)29-15/h5-13,17-26H,3-4H2,1H3/t5?,6-,7-,8+,9+,10-,11-,12?,13?,14+,15+,33?/m0/s1. The molecule has 2 aliphatic rings. The maximum absolute atomic E-state index is 13.5. The van der Waals surface area contributed by atoms with Crippen LogP contribution in [0, 0.1) is 11.3 Å². The van der Waals surface area contributed by atoms with E-state index in [2.05, 4.69) is 0 Å². The van der Waals surface area contributed by atoms with Crippen molar-refractivity contribution in [3.8, 4) is 6.07 Å². The monoisotopic (exact) mass is 507 g/mol. The Morgan fingerprint density at radius 1 is 0.848 bits per heavy atom. The predicted octanol–water partition coefficient (Wildman–Crippen LogP) is -5.70. The fraction of sp³-hybridized carbons (Fsp3) is 0.933. The van der Waals surface area contributed by atoms with Crippen LogP contribution in [0.2, 0.25) is 0 Å². The van der Waals surface area contributed by atoms with Crippen molar-refractivity contribution in [2.75, 3.05) is 13.2 Å². The van der Waals surface area contributed by atoms with Crippen molar-refractivity contribution in [3.05, 3.63) is 0 Å². The lowest BCUT2D eigenvalue weighted by Gasteiger charge is -2.49. The number of phosphoric acid groups is 1. The number of ether oxygens (including phenoxy) is 2. The second-order valence-electron chi connectivity index (χ2n) is 7.32. The fourth-order valence-corrected chi connectivity index (χ4v) is 4.78. The molecule has 0 amide bonds. The minimum absolute atomic E-state index is 1.01. The lowest BCUT2D eigenvalue weighted by molar-refractivity contribution is -0.398. The molecule has 0 aromatic heterocycles. The number of aliphatic hydroxyl groups is 10. The molecule has 0 aromatic rings. The molecular formula is C15H26NO16P. The van der Waals surface area contributed by atoms with E-state index in [9.17, 15) is 55.6 Å². The third-order valence-corrected chi connectivity index (χ3v) is 6.56. The first kappa shape index (κ1) is 28.4. The number of aliphatic hydroxyl groups excluding tert-OH is 10. The smallest absolute Gasteiger partial charge is 0.391 e. The third-order valence-electron chi connectivity index (χ3n) is 4.92. The minimum Gasteiger partial charge on any atom is -0.391 e. The van der Waals surface area contributed by atoms with Gasteiger partial charge in [-0.05, 0) is 6.92 Å². The number of nitrogens with zero attached hydrogens (tertiary/aromatic N) is 1. The quantitative estimate of drug-likeness (QED) is 0.137. The highest BCUT2D eigenvalue weighted by molar-refractivity contribution is 7.48. The molecule has 2 heterocycles. The molecule has 2 rings (SSSR count). The van der Waals surface area contributed by atoms with E-state index >= 15 is 0 Å². The average Bonchev–Trinajstić information content (AvgIpc) is 2.77. The molecule has 0 spiro atoms. The summed E-state index contributed by atoms with van der Waals surface area (Å²) in [4.78, 5) is 0. The van der Waals surface area contributed by atoms with Gasteiger partial charge in [-0.1, -0.05) is 0 Å². The summed E-state index contributed by atoms with van der Waals surface area (Å²) in [6, 6.07) is 1.46. The van der Waals surface area contributed by atoms with Gasteiger partial charge in [0, 0.05) is 0 Å². The summed E-state index contributed by atoms with van der Waals surface area (Å²) in [6.07, 6.45) is -19.9. The summed E-state index contributed by atoms with van der Waals surface area (Å²) < 4.78 is 37.7. The Morgan fingerprint density at radius 2 is 1.21 bits per heavy atom. The predicted molar refractivity (Wildman–Crippen MR) is 95.8 cm³/mol. The molecule has 3 unspecified atom stereocenters. The molecule has 0 radical (unpaired) electrons. The average molecular weight is 507 g/mol. The van der Waals surface area contributed by atoms with Gasteiger partial charge in [0.25, 0.3) is 0 Å². The Balaban J connectivity index is 2.49. The second-order valence-corrected chi connectivity index (χ2v) is 8.79. The maximum atomic E-state index is 13.5. The number of hydrogen-bond acceptors (Lipinski definition) is 17. The molecule has 0 aliphatic carbocycles. The summed E-state index contributed by atoms with van der Waals surface area (Å²) in [6.45, 7) is -1.95. The number of hydrogen-bond donors (Lipinski definition) is 10. The van der Waals surface area contributed by atoms with E-state index in [1.807, 2.05) is 0 Å². The lowest BCUT2D eigenvalue weighted by atomic mass is 9.96. The zero-order valence-corrected chi connectivity index (χ0v) is 17.8. The molecule has 33 heavy (non-hydrogen) atoms.